The molecule has 2 fully saturated rings. The van der Waals surface area contributed by atoms with Gasteiger partial charge in [0.25, 0.3) is 0 Å². The molecular formula is C16H24N2O2S. The topological polar surface area (TPSA) is 41.6 Å². The van der Waals surface area contributed by atoms with Crippen molar-refractivity contribution >= 4 is 17.2 Å². The van der Waals surface area contributed by atoms with Crippen LogP contribution in [-0.2, 0) is 9.53 Å². The first-order valence-corrected chi connectivity index (χ1v) is 8.74. The van der Waals surface area contributed by atoms with Gasteiger partial charge in [-0.05, 0) is 38.3 Å². The van der Waals surface area contributed by atoms with Crippen LogP contribution in [0.5, 0.6) is 0 Å². The van der Waals surface area contributed by atoms with E-state index in [0.29, 0.717) is 6.04 Å². The SMILES string of the molecule is CCCC1NC(c2ccc(C)s2)N(C2CCOCC2)C1=O. The molecule has 2 aliphatic rings. The monoisotopic (exact) mass is 308 g/mol. The first-order valence-electron chi connectivity index (χ1n) is 7.93. The maximum atomic E-state index is 12.8. The Balaban J connectivity index is 1.85. The van der Waals surface area contributed by atoms with Crippen LogP contribution in [-0.4, -0.2) is 36.1 Å². The summed E-state index contributed by atoms with van der Waals surface area (Å²) in [7, 11) is 0. The number of thiophene rings is 1. The fourth-order valence-electron chi connectivity index (χ4n) is 3.32. The van der Waals surface area contributed by atoms with E-state index in [4.69, 9.17) is 4.74 Å². The number of aryl methyl sites for hydroxylation is 1. The highest BCUT2D eigenvalue weighted by molar-refractivity contribution is 7.12. The van der Waals surface area contributed by atoms with Crippen LogP contribution >= 0.6 is 11.3 Å². The lowest BCUT2D eigenvalue weighted by atomic mass is 10.1. The van der Waals surface area contributed by atoms with E-state index in [-0.39, 0.29) is 18.1 Å². The third-order valence-electron chi connectivity index (χ3n) is 4.38. The van der Waals surface area contributed by atoms with E-state index in [9.17, 15) is 4.79 Å². The molecule has 2 unspecified atom stereocenters. The summed E-state index contributed by atoms with van der Waals surface area (Å²) >= 11 is 1.79. The van der Waals surface area contributed by atoms with E-state index < -0.39 is 0 Å². The number of ether oxygens (including phenoxy) is 1. The van der Waals surface area contributed by atoms with Gasteiger partial charge in [-0.25, -0.2) is 0 Å². The zero-order valence-corrected chi connectivity index (χ0v) is 13.6. The van der Waals surface area contributed by atoms with Crippen molar-refractivity contribution in [1.29, 1.82) is 0 Å². The molecule has 0 aliphatic carbocycles. The highest BCUT2D eigenvalue weighted by Crippen LogP contribution is 2.35. The van der Waals surface area contributed by atoms with Gasteiger partial charge in [-0.15, -0.1) is 11.3 Å². The molecule has 1 N–H and O–H groups in total. The first kappa shape index (κ1) is 15.0. The maximum Gasteiger partial charge on any atom is 0.241 e. The van der Waals surface area contributed by atoms with Gasteiger partial charge in [-0.1, -0.05) is 13.3 Å². The predicted molar refractivity (Wildman–Crippen MR) is 84.3 cm³/mol. The summed E-state index contributed by atoms with van der Waals surface area (Å²) in [5.41, 5.74) is 0. The fraction of sp³-hybridized carbons (Fsp3) is 0.688. The summed E-state index contributed by atoms with van der Waals surface area (Å²) in [6, 6.07) is 4.59. The van der Waals surface area contributed by atoms with Crippen molar-refractivity contribution in [2.45, 2.75) is 57.8 Å². The summed E-state index contributed by atoms with van der Waals surface area (Å²) in [6.45, 7) is 5.79. The van der Waals surface area contributed by atoms with Gasteiger partial charge in [-0.3, -0.25) is 10.1 Å². The molecule has 0 saturated carbocycles. The summed E-state index contributed by atoms with van der Waals surface area (Å²) in [4.78, 5) is 17.5. The van der Waals surface area contributed by atoms with E-state index in [1.165, 1.54) is 9.75 Å². The molecule has 0 radical (unpaired) electrons. The van der Waals surface area contributed by atoms with Gasteiger partial charge in [0.15, 0.2) is 0 Å². The van der Waals surface area contributed by atoms with Gasteiger partial charge in [-0.2, -0.15) is 0 Å². The lowest BCUT2D eigenvalue weighted by Gasteiger charge is -2.34. The molecule has 0 spiro atoms. The van der Waals surface area contributed by atoms with Crippen LogP contribution < -0.4 is 5.32 Å². The number of hydrogen-bond acceptors (Lipinski definition) is 4. The summed E-state index contributed by atoms with van der Waals surface area (Å²) in [5, 5.41) is 3.56. The minimum absolute atomic E-state index is 0.0229. The van der Waals surface area contributed by atoms with Crippen LogP contribution in [0, 0.1) is 6.92 Å². The van der Waals surface area contributed by atoms with Gasteiger partial charge in [0, 0.05) is 29.0 Å². The quantitative estimate of drug-likeness (QED) is 0.930. The Hall–Kier alpha value is -0.910. The van der Waals surface area contributed by atoms with Gasteiger partial charge in [0.05, 0.1) is 6.04 Å². The largest absolute Gasteiger partial charge is 0.381 e. The molecule has 1 amide bonds. The van der Waals surface area contributed by atoms with Crippen molar-refractivity contribution in [3.63, 3.8) is 0 Å². The van der Waals surface area contributed by atoms with E-state index in [1.807, 2.05) is 0 Å². The van der Waals surface area contributed by atoms with E-state index in [2.05, 4.69) is 36.2 Å². The highest BCUT2D eigenvalue weighted by Gasteiger charge is 2.43. The first-order chi connectivity index (χ1) is 10.2. The molecule has 0 bridgehead atoms. The molecule has 4 nitrogen and oxygen atoms in total. The molecule has 5 heteroatoms. The van der Waals surface area contributed by atoms with Crippen molar-refractivity contribution in [2.24, 2.45) is 0 Å². The Morgan fingerprint density at radius 1 is 1.38 bits per heavy atom. The van der Waals surface area contributed by atoms with Crippen LogP contribution in [0.2, 0.25) is 0 Å². The van der Waals surface area contributed by atoms with Gasteiger partial charge < -0.3 is 9.64 Å². The second kappa shape index (κ2) is 6.46. The lowest BCUT2D eigenvalue weighted by molar-refractivity contribution is -0.134. The van der Waals surface area contributed by atoms with Crippen LogP contribution in [0.3, 0.4) is 0 Å². The van der Waals surface area contributed by atoms with Crippen molar-refractivity contribution < 1.29 is 9.53 Å². The number of rotatable bonds is 4. The molecule has 0 aromatic carbocycles. The summed E-state index contributed by atoms with van der Waals surface area (Å²) in [5.74, 6) is 0.278. The fourth-order valence-corrected chi connectivity index (χ4v) is 4.26. The second-order valence-corrected chi connectivity index (χ2v) is 7.27. The second-order valence-electron chi connectivity index (χ2n) is 5.95. The van der Waals surface area contributed by atoms with Gasteiger partial charge in [0.1, 0.15) is 6.17 Å². The van der Waals surface area contributed by atoms with Crippen molar-refractivity contribution in [2.75, 3.05) is 13.2 Å². The Morgan fingerprint density at radius 3 is 2.76 bits per heavy atom. The predicted octanol–water partition coefficient (Wildman–Crippen LogP) is 2.83. The molecule has 2 aliphatic heterocycles. The molecule has 3 rings (SSSR count). The minimum Gasteiger partial charge on any atom is -0.381 e. The number of nitrogens with zero attached hydrogens (tertiary/aromatic N) is 1. The van der Waals surface area contributed by atoms with Crippen LogP contribution in [0.4, 0.5) is 0 Å². The molecular weight excluding hydrogens is 284 g/mol. The number of amides is 1. The Bertz CT molecular complexity index is 496. The van der Waals surface area contributed by atoms with Gasteiger partial charge in [0.2, 0.25) is 5.91 Å². The Morgan fingerprint density at radius 2 is 2.14 bits per heavy atom. The standard InChI is InChI=1S/C16H24N2O2S/c1-3-4-13-16(19)18(12-7-9-20-10-8-12)15(17-13)14-6-5-11(2)21-14/h5-6,12-13,15,17H,3-4,7-10H2,1-2H3. The molecule has 116 valence electrons. The zero-order chi connectivity index (χ0) is 14.8. The highest BCUT2D eigenvalue weighted by atomic mass is 32.1. The number of carbonyl (C=O) groups excluding carboxylic acids is 1. The van der Waals surface area contributed by atoms with Crippen molar-refractivity contribution in [3.05, 3.63) is 21.9 Å². The lowest BCUT2D eigenvalue weighted by Crippen LogP contribution is -2.43. The van der Waals surface area contributed by atoms with Crippen LogP contribution in [0.1, 0.15) is 48.5 Å². The summed E-state index contributed by atoms with van der Waals surface area (Å²) < 4.78 is 5.46. The third-order valence-corrected chi connectivity index (χ3v) is 5.44. The van der Waals surface area contributed by atoms with Crippen LogP contribution in [0.25, 0.3) is 0 Å². The van der Waals surface area contributed by atoms with Gasteiger partial charge >= 0.3 is 0 Å². The van der Waals surface area contributed by atoms with Crippen molar-refractivity contribution in [1.82, 2.24) is 10.2 Å². The van der Waals surface area contributed by atoms with E-state index in [1.54, 1.807) is 11.3 Å². The average molecular weight is 308 g/mol. The number of nitrogens with one attached hydrogen (secondary N) is 1. The molecule has 1 aromatic heterocycles. The molecule has 2 atom stereocenters. The maximum absolute atomic E-state index is 12.8. The Kier molecular flexibility index (Phi) is 4.62. The normalized spacial score (nSPS) is 27.5. The van der Waals surface area contributed by atoms with Crippen LogP contribution in [0.15, 0.2) is 12.1 Å². The average Bonchev–Trinajstić information content (AvgIpc) is 3.05. The Labute approximate surface area is 130 Å². The molecule has 3 heterocycles. The summed E-state index contributed by atoms with van der Waals surface area (Å²) in [6.07, 6.45) is 3.90. The zero-order valence-electron chi connectivity index (χ0n) is 12.8. The molecule has 1 aromatic rings. The van der Waals surface area contributed by atoms with E-state index in [0.717, 1.165) is 38.9 Å². The smallest absolute Gasteiger partial charge is 0.241 e. The third kappa shape index (κ3) is 3.00. The number of carbonyl (C=O) groups is 1. The van der Waals surface area contributed by atoms with Crippen molar-refractivity contribution in [3.8, 4) is 0 Å². The van der Waals surface area contributed by atoms with E-state index >= 15 is 0 Å². The minimum atomic E-state index is -0.0229. The number of hydrogen-bond donors (Lipinski definition) is 1. The molecule has 21 heavy (non-hydrogen) atoms. The molecule has 2 saturated heterocycles.